The zero-order chi connectivity index (χ0) is 9.52. The van der Waals surface area contributed by atoms with Crippen LogP contribution < -0.4 is 11.1 Å². The molecular formula is C11H15N2. The molecule has 0 bridgehead atoms. The van der Waals surface area contributed by atoms with Crippen LogP contribution in [-0.2, 0) is 0 Å². The summed E-state index contributed by atoms with van der Waals surface area (Å²) >= 11 is 0. The van der Waals surface area contributed by atoms with Gasteiger partial charge in [-0.15, -0.1) is 0 Å². The molecule has 1 rings (SSSR count). The van der Waals surface area contributed by atoms with Crippen molar-refractivity contribution in [2.45, 2.75) is 13.1 Å². The van der Waals surface area contributed by atoms with Crippen molar-refractivity contribution in [3.63, 3.8) is 0 Å². The number of hydrogen-bond acceptors (Lipinski definition) is 2. The Kier molecular flexibility index (Phi) is 4.23. The molecule has 0 aliphatic carbocycles. The quantitative estimate of drug-likeness (QED) is 0.679. The number of benzene rings is 1. The normalized spacial score (nSPS) is 13.4. The highest BCUT2D eigenvalue weighted by Gasteiger charge is 1.92. The second-order valence-electron chi connectivity index (χ2n) is 2.76. The van der Waals surface area contributed by atoms with Crippen LogP contribution in [-0.4, -0.2) is 12.7 Å². The summed E-state index contributed by atoms with van der Waals surface area (Å²) in [5.41, 5.74) is 6.80. The molecule has 0 saturated carbocycles. The van der Waals surface area contributed by atoms with Gasteiger partial charge in [-0.25, -0.2) is 0 Å². The van der Waals surface area contributed by atoms with Gasteiger partial charge in [-0.05, 0) is 24.3 Å². The van der Waals surface area contributed by atoms with Crippen LogP contribution in [0, 0.1) is 6.08 Å². The summed E-state index contributed by atoms with van der Waals surface area (Å²) in [6, 6.07) is 10.0. The second-order valence-corrected chi connectivity index (χ2v) is 2.76. The van der Waals surface area contributed by atoms with Gasteiger partial charge in [0.2, 0.25) is 0 Å². The first kappa shape index (κ1) is 9.96. The Balaban J connectivity index is 2.49. The summed E-state index contributed by atoms with van der Waals surface area (Å²) in [4.78, 5) is 0. The van der Waals surface area contributed by atoms with Gasteiger partial charge in [0, 0.05) is 0 Å². The Morgan fingerprint density at radius 1 is 1.46 bits per heavy atom. The number of nitrogens with one attached hydrogen (secondary N) is 1. The van der Waals surface area contributed by atoms with Crippen LogP contribution in [0.1, 0.15) is 12.5 Å². The van der Waals surface area contributed by atoms with Crippen LogP contribution in [0.4, 0.5) is 0 Å². The first-order valence-electron chi connectivity index (χ1n) is 4.46. The van der Waals surface area contributed by atoms with E-state index in [2.05, 4.69) is 11.4 Å². The van der Waals surface area contributed by atoms with Crippen molar-refractivity contribution in [1.29, 1.82) is 0 Å². The van der Waals surface area contributed by atoms with Crippen molar-refractivity contribution in [3.05, 3.63) is 42.0 Å². The molecule has 0 saturated heterocycles. The molecule has 0 aliphatic heterocycles. The molecular weight excluding hydrogens is 160 g/mol. The maximum Gasteiger partial charge on any atom is 0.0813 e. The fourth-order valence-electron chi connectivity index (χ4n) is 1.01. The van der Waals surface area contributed by atoms with Gasteiger partial charge in [0.15, 0.2) is 0 Å². The lowest BCUT2D eigenvalue weighted by atomic mass is 10.2. The Bertz CT molecular complexity index is 254. The first-order valence-corrected chi connectivity index (χ1v) is 4.46. The third kappa shape index (κ3) is 3.87. The molecule has 1 atom stereocenters. The minimum Gasteiger partial charge on any atom is -0.312 e. The third-order valence-electron chi connectivity index (χ3n) is 1.65. The van der Waals surface area contributed by atoms with Crippen molar-refractivity contribution in [1.82, 2.24) is 5.32 Å². The van der Waals surface area contributed by atoms with Crippen LogP contribution >= 0.6 is 0 Å². The molecule has 0 amide bonds. The molecule has 0 heterocycles. The zero-order valence-corrected chi connectivity index (χ0v) is 7.83. The molecule has 0 aromatic heterocycles. The highest BCUT2D eigenvalue weighted by Crippen LogP contribution is 2.00. The van der Waals surface area contributed by atoms with Crippen molar-refractivity contribution < 1.29 is 0 Å². The van der Waals surface area contributed by atoms with Crippen LogP contribution in [0.3, 0.4) is 0 Å². The van der Waals surface area contributed by atoms with Crippen molar-refractivity contribution >= 4 is 6.08 Å². The summed E-state index contributed by atoms with van der Waals surface area (Å²) in [7, 11) is 0. The molecule has 2 heteroatoms. The molecule has 69 valence electrons. The fraction of sp³-hybridized carbons (Fsp3) is 0.273. The first-order chi connectivity index (χ1) is 6.33. The van der Waals surface area contributed by atoms with Gasteiger partial charge >= 0.3 is 0 Å². The molecule has 3 N–H and O–H groups in total. The van der Waals surface area contributed by atoms with Crippen LogP contribution in [0.2, 0.25) is 0 Å². The van der Waals surface area contributed by atoms with E-state index in [1.807, 2.05) is 43.3 Å². The Morgan fingerprint density at radius 2 is 2.15 bits per heavy atom. The van der Waals surface area contributed by atoms with E-state index in [-0.39, 0.29) is 6.17 Å². The van der Waals surface area contributed by atoms with E-state index in [1.54, 1.807) is 0 Å². The van der Waals surface area contributed by atoms with Gasteiger partial charge in [0.25, 0.3) is 0 Å². The molecule has 1 aromatic rings. The number of nitrogens with two attached hydrogens (primary N) is 1. The van der Waals surface area contributed by atoms with Crippen molar-refractivity contribution in [3.8, 4) is 0 Å². The standard InChI is InChI=1S/C11H15N2/c1-2-13-11(12)9-8-10-6-4-3-5-7-10/h3-8,11,13H,2,12H2,1H3. The smallest absolute Gasteiger partial charge is 0.0813 e. The second kappa shape index (κ2) is 5.51. The Hall–Kier alpha value is -1.12. The van der Waals surface area contributed by atoms with Crippen LogP contribution in [0.25, 0.3) is 6.08 Å². The number of hydrogen-bond donors (Lipinski definition) is 2. The van der Waals surface area contributed by atoms with Crippen molar-refractivity contribution in [2.24, 2.45) is 5.73 Å². The fourth-order valence-corrected chi connectivity index (χ4v) is 1.01. The SMILES string of the molecule is CCNC(N)/[C]=C/c1ccccc1. The molecule has 0 spiro atoms. The Morgan fingerprint density at radius 3 is 2.77 bits per heavy atom. The lowest BCUT2D eigenvalue weighted by Crippen LogP contribution is -2.35. The summed E-state index contributed by atoms with van der Waals surface area (Å²) in [5, 5.41) is 3.05. The predicted molar refractivity (Wildman–Crippen MR) is 55.8 cm³/mol. The van der Waals surface area contributed by atoms with E-state index in [1.165, 1.54) is 0 Å². The molecule has 0 fully saturated rings. The molecule has 1 unspecified atom stereocenters. The van der Waals surface area contributed by atoms with Gasteiger partial charge < -0.3 is 5.73 Å². The van der Waals surface area contributed by atoms with Gasteiger partial charge in [-0.2, -0.15) is 0 Å². The molecule has 1 radical (unpaired) electrons. The minimum absolute atomic E-state index is 0.176. The highest BCUT2D eigenvalue weighted by molar-refractivity contribution is 5.47. The van der Waals surface area contributed by atoms with E-state index in [0.717, 1.165) is 12.1 Å². The van der Waals surface area contributed by atoms with Crippen LogP contribution in [0.15, 0.2) is 30.3 Å². The lowest BCUT2D eigenvalue weighted by molar-refractivity contribution is 0.627. The van der Waals surface area contributed by atoms with E-state index in [0.29, 0.717) is 0 Å². The summed E-state index contributed by atoms with van der Waals surface area (Å²) in [6.45, 7) is 2.88. The topological polar surface area (TPSA) is 38.0 Å². The average molecular weight is 175 g/mol. The van der Waals surface area contributed by atoms with Crippen LogP contribution in [0.5, 0.6) is 0 Å². The zero-order valence-electron chi connectivity index (χ0n) is 7.83. The van der Waals surface area contributed by atoms with E-state index >= 15 is 0 Å². The van der Waals surface area contributed by atoms with Gasteiger partial charge in [0.1, 0.15) is 0 Å². The van der Waals surface area contributed by atoms with Gasteiger partial charge in [0.05, 0.1) is 6.17 Å². The average Bonchev–Trinajstić information content (AvgIpc) is 2.17. The minimum atomic E-state index is -0.176. The van der Waals surface area contributed by atoms with E-state index < -0.39 is 0 Å². The number of likely N-dealkylation sites (N-methyl/N-ethyl adjacent to an activating group) is 1. The third-order valence-corrected chi connectivity index (χ3v) is 1.65. The number of rotatable bonds is 4. The summed E-state index contributed by atoms with van der Waals surface area (Å²) in [5.74, 6) is 0. The monoisotopic (exact) mass is 175 g/mol. The van der Waals surface area contributed by atoms with E-state index in [9.17, 15) is 0 Å². The summed E-state index contributed by atoms with van der Waals surface area (Å²) < 4.78 is 0. The highest BCUT2D eigenvalue weighted by atomic mass is 15.0. The summed E-state index contributed by atoms with van der Waals surface area (Å²) in [6.07, 6.45) is 4.76. The molecule has 0 aliphatic rings. The maximum absolute atomic E-state index is 5.68. The predicted octanol–water partition coefficient (Wildman–Crippen LogP) is 1.40. The molecule has 13 heavy (non-hydrogen) atoms. The Labute approximate surface area is 79.5 Å². The van der Waals surface area contributed by atoms with Crippen molar-refractivity contribution in [2.75, 3.05) is 6.54 Å². The van der Waals surface area contributed by atoms with Gasteiger partial charge in [-0.1, -0.05) is 37.3 Å². The maximum atomic E-state index is 5.68. The van der Waals surface area contributed by atoms with E-state index in [4.69, 9.17) is 5.73 Å². The van der Waals surface area contributed by atoms with Gasteiger partial charge in [-0.3, -0.25) is 5.32 Å². The molecule has 1 aromatic carbocycles. The molecule has 2 nitrogen and oxygen atoms in total. The lowest BCUT2D eigenvalue weighted by Gasteiger charge is -2.04. The largest absolute Gasteiger partial charge is 0.312 e.